The van der Waals surface area contributed by atoms with Gasteiger partial charge in [0.25, 0.3) is 0 Å². The number of piperidine rings is 2. The Balaban J connectivity index is 1.31. The van der Waals surface area contributed by atoms with Crippen molar-refractivity contribution in [3.63, 3.8) is 0 Å². The number of ether oxygens (including phenoxy) is 2. The van der Waals surface area contributed by atoms with E-state index in [-0.39, 0.29) is 18.2 Å². The van der Waals surface area contributed by atoms with Gasteiger partial charge in [-0.25, -0.2) is 0 Å². The van der Waals surface area contributed by atoms with Gasteiger partial charge < -0.3 is 14.5 Å². The zero-order valence-corrected chi connectivity index (χ0v) is 21.2. The summed E-state index contributed by atoms with van der Waals surface area (Å²) in [5.41, 5.74) is 4.25. The quantitative estimate of drug-likeness (QED) is 0.592. The van der Waals surface area contributed by atoms with E-state index in [1.807, 2.05) is 0 Å². The van der Waals surface area contributed by atoms with Gasteiger partial charge in [0, 0.05) is 48.6 Å². The number of fused-ring (bicyclic) bond motifs is 4. The van der Waals surface area contributed by atoms with Gasteiger partial charge in [0.05, 0.1) is 0 Å². The summed E-state index contributed by atoms with van der Waals surface area (Å²) < 4.78 is 12.3. The summed E-state index contributed by atoms with van der Waals surface area (Å²) in [5, 5.41) is 1.33. The molecule has 2 saturated heterocycles. The molecular formula is C29H40N2O3. The molecule has 0 amide bonds. The minimum Gasteiger partial charge on any atom is -0.487 e. The van der Waals surface area contributed by atoms with E-state index in [9.17, 15) is 4.79 Å². The van der Waals surface area contributed by atoms with Gasteiger partial charge in [0.15, 0.2) is 0 Å². The summed E-state index contributed by atoms with van der Waals surface area (Å²) >= 11 is 0. The summed E-state index contributed by atoms with van der Waals surface area (Å²) in [4.78, 5) is 18.5. The van der Waals surface area contributed by atoms with Crippen LogP contribution >= 0.6 is 0 Å². The number of nitrogens with one attached hydrogen (secondary N) is 1. The van der Waals surface area contributed by atoms with Crippen molar-refractivity contribution in [1.29, 1.82) is 0 Å². The largest absolute Gasteiger partial charge is 0.487 e. The smallest absolute Gasteiger partial charge is 0.303 e. The lowest BCUT2D eigenvalue weighted by atomic mass is 9.65. The number of H-pyrrole nitrogens is 1. The standard InChI is InChI=1S/C29H40N2O3/c1-5-20-12-19-13-24-27-22(10-11-31(15-19)28(20)24)23-14-21(7-8-25(23)30-27)34-26-9-6-16(2)17(3)29(26)33-18(4)32/h7-8,14,16-17,19-20,24,26,28-30H,5-6,9-13,15H2,1-4H3/t16-,17-,19+,20+,24+,26?,28?,29-/m1/s1. The molecule has 2 aromatic rings. The number of carbonyl (C=O) groups is 1. The van der Waals surface area contributed by atoms with Gasteiger partial charge in [-0.3, -0.25) is 9.69 Å². The molecule has 34 heavy (non-hydrogen) atoms. The number of hydrogen-bond acceptors (Lipinski definition) is 4. The Morgan fingerprint density at radius 1 is 1.21 bits per heavy atom. The SMILES string of the molecule is CC[C@H]1C[C@H]2C[C@H]3c4[nH]c5ccc(OC6CC[C@@H](C)[C@@H](C)[C@H]6OC(C)=O)cc5c4CCN(C2)C13. The Labute approximate surface area is 203 Å². The van der Waals surface area contributed by atoms with Gasteiger partial charge >= 0.3 is 5.97 Å². The van der Waals surface area contributed by atoms with Gasteiger partial charge in [0.1, 0.15) is 18.0 Å². The minimum atomic E-state index is -0.216. The molecule has 4 heterocycles. The van der Waals surface area contributed by atoms with Crippen LogP contribution in [-0.2, 0) is 16.0 Å². The van der Waals surface area contributed by atoms with E-state index >= 15 is 0 Å². The molecule has 3 aliphatic heterocycles. The molecule has 3 unspecified atom stereocenters. The molecular weight excluding hydrogens is 424 g/mol. The van der Waals surface area contributed by atoms with Crippen LogP contribution in [0.1, 0.15) is 77.0 Å². The lowest BCUT2D eigenvalue weighted by Gasteiger charge is -2.53. The third-order valence-electron chi connectivity index (χ3n) is 9.77. The van der Waals surface area contributed by atoms with E-state index in [1.54, 1.807) is 0 Å². The molecule has 1 aromatic carbocycles. The van der Waals surface area contributed by atoms with Crippen molar-refractivity contribution in [1.82, 2.24) is 9.88 Å². The number of esters is 1. The Bertz CT molecular complexity index is 1080. The molecule has 4 bridgehead atoms. The van der Waals surface area contributed by atoms with Crippen molar-refractivity contribution in [2.24, 2.45) is 23.7 Å². The van der Waals surface area contributed by atoms with Gasteiger partial charge in [0.2, 0.25) is 0 Å². The van der Waals surface area contributed by atoms with Crippen molar-refractivity contribution in [3.8, 4) is 5.75 Å². The maximum atomic E-state index is 11.8. The van der Waals surface area contributed by atoms with E-state index < -0.39 is 0 Å². The first-order chi connectivity index (χ1) is 16.4. The highest BCUT2D eigenvalue weighted by atomic mass is 16.6. The minimum absolute atomic E-state index is 0.0866. The lowest BCUT2D eigenvalue weighted by Crippen LogP contribution is -2.56. The average molecular weight is 465 g/mol. The summed E-state index contributed by atoms with van der Waals surface area (Å²) in [6.07, 6.45) is 6.92. The highest BCUT2D eigenvalue weighted by molar-refractivity contribution is 5.86. The van der Waals surface area contributed by atoms with E-state index in [4.69, 9.17) is 9.47 Å². The Kier molecular flexibility index (Phi) is 5.67. The van der Waals surface area contributed by atoms with Crippen LogP contribution in [0.2, 0.25) is 0 Å². The summed E-state index contributed by atoms with van der Waals surface area (Å²) in [6.45, 7) is 10.8. The molecule has 184 valence electrons. The number of nitrogens with zero attached hydrogens (tertiary/aromatic N) is 1. The fourth-order valence-corrected chi connectivity index (χ4v) is 7.94. The van der Waals surface area contributed by atoms with Crippen LogP contribution in [-0.4, -0.2) is 47.2 Å². The first-order valence-electron chi connectivity index (χ1n) is 13.6. The highest BCUT2D eigenvalue weighted by Gasteiger charge is 2.48. The fourth-order valence-electron chi connectivity index (χ4n) is 7.94. The zero-order chi connectivity index (χ0) is 23.6. The van der Waals surface area contributed by atoms with Crippen LogP contribution < -0.4 is 4.74 Å². The normalized spacial score (nSPS) is 38.9. The van der Waals surface area contributed by atoms with Gasteiger partial charge in [-0.1, -0.05) is 27.2 Å². The van der Waals surface area contributed by atoms with Crippen molar-refractivity contribution < 1.29 is 14.3 Å². The molecule has 0 spiro atoms. The van der Waals surface area contributed by atoms with E-state index in [0.29, 0.717) is 23.8 Å². The van der Waals surface area contributed by atoms with Crippen molar-refractivity contribution in [3.05, 3.63) is 29.5 Å². The van der Waals surface area contributed by atoms with Crippen molar-refractivity contribution in [2.75, 3.05) is 13.1 Å². The Morgan fingerprint density at radius 2 is 2.06 bits per heavy atom. The van der Waals surface area contributed by atoms with Crippen LogP contribution in [0.25, 0.3) is 10.9 Å². The van der Waals surface area contributed by atoms with Crippen molar-refractivity contribution in [2.45, 2.75) is 90.4 Å². The maximum absolute atomic E-state index is 11.8. The Morgan fingerprint density at radius 3 is 2.85 bits per heavy atom. The number of aromatic amines is 1. The molecule has 5 heteroatoms. The van der Waals surface area contributed by atoms with E-state index in [1.165, 1.54) is 61.4 Å². The van der Waals surface area contributed by atoms with Crippen LogP contribution in [0.15, 0.2) is 18.2 Å². The molecule has 5 nitrogen and oxygen atoms in total. The molecule has 9 atom stereocenters. The lowest BCUT2D eigenvalue weighted by molar-refractivity contribution is -0.160. The number of aromatic nitrogens is 1. The maximum Gasteiger partial charge on any atom is 0.303 e. The monoisotopic (exact) mass is 464 g/mol. The number of rotatable bonds is 4. The fraction of sp³-hybridized carbons (Fsp3) is 0.690. The molecule has 2 aliphatic carbocycles. The second-order valence-corrected chi connectivity index (χ2v) is 11.7. The van der Waals surface area contributed by atoms with Crippen LogP contribution in [0, 0.1) is 23.7 Å². The second-order valence-electron chi connectivity index (χ2n) is 11.7. The summed E-state index contributed by atoms with van der Waals surface area (Å²) in [5.74, 6) is 3.84. The predicted octanol–water partition coefficient (Wildman–Crippen LogP) is 5.67. The molecule has 0 radical (unpaired) electrons. The van der Waals surface area contributed by atoms with Gasteiger partial charge in [-0.15, -0.1) is 0 Å². The first-order valence-corrected chi connectivity index (χ1v) is 13.6. The molecule has 7 rings (SSSR count). The zero-order valence-electron chi connectivity index (χ0n) is 21.2. The number of carbonyl (C=O) groups excluding carboxylic acids is 1. The van der Waals surface area contributed by atoms with Crippen molar-refractivity contribution >= 4 is 16.9 Å². The number of hydrogen-bond donors (Lipinski definition) is 1. The topological polar surface area (TPSA) is 54.6 Å². The molecule has 2 saturated carbocycles. The third-order valence-corrected chi connectivity index (χ3v) is 9.77. The van der Waals surface area contributed by atoms with Gasteiger partial charge in [-0.2, -0.15) is 0 Å². The molecule has 1 aromatic heterocycles. The van der Waals surface area contributed by atoms with Crippen LogP contribution in [0.5, 0.6) is 5.75 Å². The molecule has 5 aliphatic rings. The predicted molar refractivity (Wildman–Crippen MR) is 134 cm³/mol. The molecule has 4 fully saturated rings. The van der Waals surface area contributed by atoms with Crippen LogP contribution in [0.3, 0.4) is 0 Å². The van der Waals surface area contributed by atoms with Gasteiger partial charge in [-0.05, 0) is 79.5 Å². The Hall–Kier alpha value is -2.01. The second kappa shape index (κ2) is 8.58. The third kappa shape index (κ3) is 3.66. The number of benzene rings is 1. The molecule has 1 N–H and O–H groups in total. The van der Waals surface area contributed by atoms with Crippen LogP contribution in [0.4, 0.5) is 0 Å². The summed E-state index contributed by atoms with van der Waals surface area (Å²) in [7, 11) is 0. The summed E-state index contributed by atoms with van der Waals surface area (Å²) in [6, 6.07) is 7.25. The van der Waals surface area contributed by atoms with E-state index in [2.05, 4.69) is 48.9 Å². The average Bonchev–Trinajstić information content (AvgIpc) is 3.14. The van der Waals surface area contributed by atoms with E-state index in [0.717, 1.165) is 36.8 Å². The highest BCUT2D eigenvalue weighted by Crippen LogP contribution is 2.51. The first kappa shape index (κ1) is 22.5.